The lowest BCUT2D eigenvalue weighted by molar-refractivity contribution is 0.544. The minimum Gasteiger partial charge on any atom is -0.329 e. The Morgan fingerprint density at radius 1 is 1.50 bits per heavy atom. The standard InChI is InChI=1S/C10H22N2O2S2/c1-3-15-10-6-4-5-9(10)12-16(13,14)8(2)7-11/h8-10,12H,3-7,11H2,1-2H3. The van der Waals surface area contributed by atoms with Gasteiger partial charge in [0.25, 0.3) is 0 Å². The van der Waals surface area contributed by atoms with Crippen LogP contribution in [0.25, 0.3) is 0 Å². The fourth-order valence-electron chi connectivity index (χ4n) is 1.93. The summed E-state index contributed by atoms with van der Waals surface area (Å²) in [6.45, 7) is 3.93. The number of thioether (sulfide) groups is 1. The molecule has 0 aliphatic heterocycles. The molecule has 0 aromatic rings. The third kappa shape index (κ3) is 3.61. The van der Waals surface area contributed by atoms with Gasteiger partial charge in [-0.1, -0.05) is 13.3 Å². The lowest BCUT2D eigenvalue weighted by atomic mass is 10.3. The van der Waals surface area contributed by atoms with Crippen molar-refractivity contribution >= 4 is 21.8 Å². The van der Waals surface area contributed by atoms with Gasteiger partial charge in [0.2, 0.25) is 10.0 Å². The Morgan fingerprint density at radius 3 is 2.75 bits per heavy atom. The summed E-state index contributed by atoms with van der Waals surface area (Å²) in [5, 5.41) is -0.0647. The van der Waals surface area contributed by atoms with Crippen LogP contribution in [0.15, 0.2) is 0 Å². The second-order valence-electron chi connectivity index (χ2n) is 4.24. The Bertz CT molecular complexity index is 306. The summed E-state index contributed by atoms with van der Waals surface area (Å²) < 4.78 is 26.5. The van der Waals surface area contributed by atoms with E-state index in [4.69, 9.17) is 5.73 Å². The van der Waals surface area contributed by atoms with Crippen LogP contribution in [-0.2, 0) is 10.0 Å². The quantitative estimate of drug-likeness (QED) is 0.750. The smallest absolute Gasteiger partial charge is 0.215 e. The number of rotatable bonds is 6. The van der Waals surface area contributed by atoms with E-state index in [0.717, 1.165) is 25.0 Å². The molecule has 0 heterocycles. The van der Waals surface area contributed by atoms with E-state index in [-0.39, 0.29) is 12.6 Å². The molecule has 0 radical (unpaired) electrons. The molecule has 1 rings (SSSR count). The van der Waals surface area contributed by atoms with Crippen molar-refractivity contribution in [3.63, 3.8) is 0 Å². The summed E-state index contributed by atoms with van der Waals surface area (Å²) in [6, 6.07) is 0.101. The molecule has 1 aliphatic carbocycles. The number of sulfonamides is 1. The monoisotopic (exact) mass is 266 g/mol. The second kappa shape index (κ2) is 6.23. The molecule has 0 amide bonds. The zero-order valence-electron chi connectivity index (χ0n) is 9.98. The first kappa shape index (κ1) is 14.3. The number of hydrogen-bond acceptors (Lipinski definition) is 4. The lowest BCUT2D eigenvalue weighted by Crippen LogP contribution is -2.44. The summed E-state index contributed by atoms with van der Waals surface area (Å²) >= 11 is 1.85. The third-order valence-corrected chi connectivity index (χ3v) is 6.22. The highest BCUT2D eigenvalue weighted by Crippen LogP contribution is 2.30. The molecule has 0 aromatic carbocycles. The average molecular weight is 266 g/mol. The van der Waals surface area contributed by atoms with Gasteiger partial charge in [-0.05, 0) is 25.5 Å². The molecule has 4 nitrogen and oxygen atoms in total. The van der Waals surface area contributed by atoms with Crippen molar-refractivity contribution in [2.75, 3.05) is 12.3 Å². The van der Waals surface area contributed by atoms with Crippen LogP contribution in [-0.4, -0.2) is 37.3 Å². The van der Waals surface area contributed by atoms with Gasteiger partial charge in [-0.2, -0.15) is 11.8 Å². The summed E-state index contributed by atoms with van der Waals surface area (Å²) in [4.78, 5) is 0. The van der Waals surface area contributed by atoms with Crippen LogP contribution in [0.2, 0.25) is 0 Å². The van der Waals surface area contributed by atoms with Crippen LogP contribution < -0.4 is 10.5 Å². The van der Waals surface area contributed by atoms with Gasteiger partial charge in [-0.3, -0.25) is 0 Å². The molecule has 3 unspecified atom stereocenters. The molecule has 1 aliphatic rings. The largest absolute Gasteiger partial charge is 0.329 e. The Morgan fingerprint density at radius 2 is 2.19 bits per heavy atom. The first-order chi connectivity index (χ1) is 7.51. The fraction of sp³-hybridized carbons (Fsp3) is 1.00. The SMILES string of the molecule is CCSC1CCCC1NS(=O)(=O)C(C)CN. The van der Waals surface area contributed by atoms with Crippen molar-refractivity contribution in [2.24, 2.45) is 5.73 Å². The van der Waals surface area contributed by atoms with E-state index >= 15 is 0 Å². The Hall–Kier alpha value is 0.220. The van der Waals surface area contributed by atoms with Gasteiger partial charge in [0, 0.05) is 17.8 Å². The lowest BCUT2D eigenvalue weighted by Gasteiger charge is -2.22. The molecule has 1 fully saturated rings. The summed E-state index contributed by atoms with van der Waals surface area (Å²) in [5.41, 5.74) is 5.40. The molecule has 3 N–H and O–H groups in total. The van der Waals surface area contributed by atoms with Crippen LogP contribution >= 0.6 is 11.8 Å². The second-order valence-corrected chi connectivity index (χ2v) is 7.89. The van der Waals surface area contributed by atoms with Crippen LogP contribution in [0.1, 0.15) is 33.1 Å². The predicted molar refractivity (Wildman–Crippen MR) is 70.1 cm³/mol. The molecule has 96 valence electrons. The Kier molecular flexibility index (Phi) is 5.56. The highest BCUT2D eigenvalue weighted by Gasteiger charge is 2.32. The van der Waals surface area contributed by atoms with E-state index in [0.29, 0.717) is 5.25 Å². The van der Waals surface area contributed by atoms with Crippen LogP contribution in [0, 0.1) is 0 Å². The van der Waals surface area contributed by atoms with Gasteiger partial charge in [-0.25, -0.2) is 13.1 Å². The fourth-order valence-corrected chi connectivity index (χ4v) is 4.40. The highest BCUT2D eigenvalue weighted by molar-refractivity contribution is 8.00. The van der Waals surface area contributed by atoms with Crippen LogP contribution in [0.5, 0.6) is 0 Å². The van der Waals surface area contributed by atoms with E-state index < -0.39 is 15.3 Å². The van der Waals surface area contributed by atoms with E-state index in [1.165, 1.54) is 0 Å². The topological polar surface area (TPSA) is 72.2 Å². The number of nitrogens with two attached hydrogens (primary N) is 1. The minimum atomic E-state index is -3.23. The van der Waals surface area contributed by atoms with Crippen molar-refractivity contribution in [3.8, 4) is 0 Å². The van der Waals surface area contributed by atoms with E-state index in [1.54, 1.807) is 6.92 Å². The Balaban J connectivity index is 2.59. The van der Waals surface area contributed by atoms with Crippen LogP contribution in [0.4, 0.5) is 0 Å². The van der Waals surface area contributed by atoms with Crippen molar-refractivity contribution in [3.05, 3.63) is 0 Å². The van der Waals surface area contributed by atoms with Crippen molar-refractivity contribution in [1.29, 1.82) is 0 Å². The summed E-state index contributed by atoms with van der Waals surface area (Å²) in [6.07, 6.45) is 3.18. The van der Waals surface area contributed by atoms with Gasteiger partial charge in [0.1, 0.15) is 0 Å². The molecule has 1 saturated carbocycles. The van der Waals surface area contributed by atoms with Gasteiger partial charge in [0.15, 0.2) is 0 Å². The Labute approximate surface area is 103 Å². The summed E-state index contributed by atoms with van der Waals surface area (Å²) in [7, 11) is -3.23. The summed E-state index contributed by atoms with van der Waals surface area (Å²) in [5.74, 6) is 1.04. The maximum Gasteiger partial charge on any atom is 0.215 e. The van der Waals surface area contributed by atoms with Crippen molar-refractivity contribution in [2.45, 2.75) is 49.7 Å². The number of nitrogens with one attached hydrogen (secondary N) is 1. The normalized spacial score (nSPS) is 28.2. The maximum atomic E-state index is 11.9. The zero-order valence-corrected chi connectivity index (χ0v) is 11.6. The third-order valence-electron chi connectivity index (χ3n) is 3.01. The molecular weight excluding hydrogens is 244 g/mol. The molecule has 0 bridgehead atoms. The molecule has 3 atom stereocenters. The minimum absolute atomic E-state index is 0.101. The van der Waals surface area contributed by atoms with Gasteiger partial charge >= 0.3 is 0 Å². The van der Waals surface area contributed by atoms with E-state index in [2.05, 4.69) is 11.6 Å². The zero-order chi connectivity index (χ0) is 12.2. The van der Waals surface area contributed by atoms with Crippen molar-refractivity contribution in [1.82, 2.24) is 4.72 Å². The molecular formula is C10H22N2O2S2. The molecule has 6 heteroatoms. The first-order valence-corrected chi connectivity index (χ1v) is 8.43. The van der Waals surface area contributed by atoms with Gasteiger partial charge < -0.3 is 5.73 Å². The predicted octanol–water partition coefficient (Wildman–Crippen LogP) is 0.927. The highest BCUT2D eigenvalue weighted by atomic mass is 32.2. The molecule has 0 spiro atoms. The molecule has 0 aromatic heterocycles. The van der Waals surface area contributed by atoms with Gasteiger partial charge in [-0.15, -0.1) is 0 Å². The van der Waals surface area contributed by atoms with Crippen LogP contribution in [0.3, 0.4) is 0 Å². The average Bonchev–Trinajstić information content (AvgIpc) is 2.64. The molecule has 16 heavy (non-hydrogen) atoms. The van der Waals surface area contributed by atoms with Gasteiger partial charge in [0.05, 0.1) is 5.25 Å². The number of hydrogen-bond donors (Lipinski definition) is 2. The maximum absolute atomic E-state index is 11.9. The van der Waals surface area contributed by atoms with Crippen molar-refractivity contribution < 1.29 is 8.42 Å². The van der Waals surface area contributed by atoms with E-state index in [1.807, 2.05) is 11.8 Å². The first-order valence-electron chi connectivity index (χ1n) is 5.84. The molecule has 0 saturated heterocycles. The van der Waals surface area contributed by atoms with E-state index in [9.17, 15) is 8.42 Å².